The Balaban J connectivity index is 1.75. The van der Waals surface area contributed by atoms with Crippen LogP contribution in [-0.4, -0.2) is 62.5 Å². The highest BCUT2D eigenvalue weighted by Gasteiger charge is 2.30. The molecule has 0 spiro atoms. The molecule has 188 valence electrons. The summed E-state index contributed by atoms with van der Waals surface area (Å²) in [7, 11) is -0.219. The molecular weight excluding hydrogens is 464 g/mol. The van der Waals surface area contributed by atoms with E-state index in [4.69, 9.17) is 0 Å². The Hall–Kier alpha value is -2.88. The topological polar surface area (TPSA) is 104 Å². The minimum absolute atomic E-state index is 0.00359. The number of likely N-dealkylation sites (N-methyl/N-ethyl adjacent to an activating group) is 1. The first-order valence-corrected chi connectivity index (χ1v) is 13.5. The molecule has 0 fully saturated rings. The zero-order valence-corrected chi connectivity index (χ0v) is 21.5. The zero-order chi connectivity index (χ0) is 25.3. The predicted octanol–water partition coefficient (Wildman–Crippen LogP) is 2.47. The molecule has 0 unspecified atom stereocenters. The molecule has 1 aliphatic heterocycles. The monoisotopic (exact) mass is 498 g/mol. The molecule has 3 N–H and O–H groups in total. The minimum atomic E-state index is -3.51. The molecule has 3 aromatic rings. The van der Waals surface area contributed by atoms with Crippen molar-refractivity contribution in [3.05, 3.63) is 65.4 Å². The average Bonchev–Trinajstić information content (AvgIpc) is 3.17. The maximum atomic E-state index is 13.5. The Morgan fingerprint density at radius 3 is 2.54 bits per heavy atom. The number of rotatable bonds is 8. The van der Waals surface area contributed by atoms with E-state index in [1.165, 1.54) is 4.31 Å². The highest BCUT2D eigenvalue weighted by molar-refractivity contribution is 7.92. The van der Waals surface area contributed by atoms with Crippen LogP contribution in [0.15, 0.2) is 48.7 Å². The molecule has 0 bridgehead atoms. The molecule has 1 aromatic heterocycles. The molecule has 1 amide bonds. The summed E-state index contributed by atoms with van der Waals surface area (Å²) in [4.78, 5) is 13.5. The fraction of sp³-hybridized carbons (Fsp3) is 0.423. The third kappa shape index (κ3) is 5.07. The maximum Gasteiger partial charge on any atom is 0.251 e. The van der Waals surface area contributed by atoms with E-state index in [1.54, 1.807) is 20.2 Å². The Labute approximate surface area is 207 Å². The van der Waals surface area contributed by atoms with Crippen LogP contribution in [-0.2, 0) is 23.0 Å². The van der Waals surface area contributed by atoms with Crippen molar-refractivity contribution >= 4 is 32.5 Å². The number of carbonyl (C=O) groups excluding carboxylic acids is 1. The highest BCUT2D eigenvalue weighted by Crippen LogP contribution is 2.37. The van der Waals surface area contributed by atoms with Gasteiger partial charge in [0, 0.05) is 37.3 Å². The van der Waals surface area contributed by atoms with Crippen molar-refractivity contribution in [3.8, 4) is 0 Å². The predicted molar refractivity (Wildman–Crippen MR) is 140 cm³/mol. The van der Waals surface area contributed by atoms with Crippen molar-refractivity contribution in [2.45, 2.75) is 44.9 Å². The number of sulfonamides is 1. The number of nitrogens with one attached hydrogen (secondary N) is 2. The van der Waals surface area contributed by atoms with E-state index in [0.717, 1.165) is 22.0 Å². The van der Waals surface area contributed by atoms with Gasteiger partial charge in [-0.15, -0.1) is 0 Å². The molecule has 0 aliphatic carbocycles. The SMILES string of the molecule is CNC[C@@H](O)[C@H](Cc1ccccc1)NC(=O)c1cc2c3c(c1)c(C(C)C)cn3CCS(=O)(=O)N2C. The van der Waals surface area contributed by atoms with E-state index >= 15 is 0 Å². The number of anilines is 1. The van der Waals surface area contributed by atoms with E-state index in [-0.39, 0.29) is 17.6 Å². The van der Waals surface area contributed by atoms with Crippen LogP contribution in [0.4, 0.5) is 5.69 Å². The number of hydrogen-bond donors (Lipinski definition) is 3. The number of hydrogen-bond acceptors (Lipinski definition) is 5. The molecule has 35 heavy (non-hydrogen) atoms. The Bertz CT molecular complexity index is 1320. The molecule has 2 aromatic carbocycles. The number of amides is 1. The summed E-state index contributed by atoms with van der Waals surface area (Å²) >= 11 is 0. The smallest absolute Gasteiger partial charge is 0.251 e. The molecule has 4 rings (SSSR count). The highest BCUT2D eigenvalue weighted by atomic mass is 32.2. The van der Waals surface area contributed by atoms with Crippen molar-refractivity contribution in [1.29, 1.82) is 0 Å². The summed E-state index contributed by atoms with van der Waals surface area (Å²) in [6.07, 6.45) is 1.67. The van der Waals surface area contributed by atoms with Gasteiger partial charge in [0.1, 0.15) is 0 Å². The van der Waals surface area contributed by atoms with Crippen LogP contribution in [0.2, 0.25) is 0 Å². The Kier molecular flexibility index (Phi) is 7.21. The van der Waals surface area contributed by atoms with Gasteiger partial charge in [-0.3, -0.25) is 9.10 Å². The van der Waals surface area contributed by atoms with Crippen LogP contribution < -0.4 is 14.9 Å². The van der Waals surface area contributed by atoms with Crippen LogP contribution >= 0.6 is 0 Å². The first-order chi connectivity index (χ1) is 16.6. The fourth-order valence-electron chi connectivity index (χ4n) is 4.71. The molecular formula is C26H34N4O4S. The van der Waals surface area contributed by atoms with Gasteiger partial charge in [0.05, 0.1) is 29.1 Å². The molecule has 0 saturated heterocycles. The van der Waals surface area contributed by atoms with Crippen LogP contribution in [0.5, 0.6) is 0 Å². The van der Waals surface area contributed by atoms with Gasteiger partial charge in [-0.25, -0.2) is 8.42 Å². The lowest BCUT2D eigenvalue weighted by atomic mass is 9.98. The third-order valence-electron chi connectivity index (χ3n) is 6.71. The van der Waals surface area contributed by atoms with Crippen molar-refractivity contribution < 1.29 is 18.3 Å². The lowest BCUT2D eigenvalue weighted by molar-refractivity contribution is 0.0834. The second kappa shape index (κ2) is 10.0. The van der Waals surface area contributed by atoms with Crippen molar-refractivity contribution in [3.63, 3.8) is 0 Å². The number of aryl methyl sites for hydroxylation is 1. The van der Waals surface area contributed by atoms with Gasteiger partial charge in [0.25, 0.3) is 5.91 Å². The largest absolute Gasteiger partial charge is 0.390 e. The van der Waals surface area contributed by atoms with Crippen molar-refractivity contribution in [2.24, 2.45) is 0 Å². The molecule has 0 radical (unpaired) electrons. The van der Waals surface area contributed by atoms with Gasteiger partial charge in [-0.1, -0.05) is 44.2 Å². The van der Waals surface area contributed by atoms with Gasteiger partial charge in [0.15, 0.2) is 0 Å². The van der Waals surface area contributed by atoms with Crippen LogP contribution in [0.1, 0.15) is 41.3 Å². The quantitative estimate of drug-likeness (QED) is 0.443. The van der Waals surface area contributed by atoms with Crippen LogP contribution in [0, 0.1) is 0 Å². The normalized spacial score (nSPS) is 16.8. The number of benzene rings is 2. The summed E-state index contributed by atoms with van der Waals surface area (Å²) in [5.41, 5.74) is 3.75. The molecule has 0 saturated carbocycles. The van der Waals surface area contributed by atoms with Gasteiger partial charge in [-0.2, -0.15) is 0 Å². The van der Waals surface area contributed by atoms with Gasteiger partial charge in [0.2, 0.25) is 10.0 Å². The Morgan fingerprint density at radius 1 is 1.17 bits per heavy atom. The number of aliphatic hydroxyl groups is 1. The van der Waals surface area contributed by atoms with Gasteiger partial charge >= 0.3 is 0 Å². The Morgan fingerprint density at radius 2 is 1.89 bits per heavy atom. The number of carbonyl (C=O) groups is 1. The number of aromatic nitrogens is 1. The summed E-state index contributed by atoms with van der Waals surface area (Å²) in [5.74, 6) is -0.151. The van der Waals surface area contributed by atoms with E-state index in [2.05, 4.69) is 24.5 Å². The van der Waals surface area contributed by atoms with Crippen molar-refractivity contribution in [1.82, 2.24) is 15.2 Å². The standard InChI is InChI=1S/C26H34N4O4S/c1-17(2)21-16-30-10-11-35(33,34)29(4)23-14-19(13-20(21)25(23)30)26(32)28-22(24(31)15-27-3)12-18-8-6-5-7-9-18/h5-9,13-14,16-17,22,24,27,31H,10-12,15H2,1-4H3,(H,28,32)/t22-,24+/m0/s1. The van der Waals surface area contributed by atoms with Gasteiger partial charge < -0.3 is 20.3 Å². The second-order valence-corrected chi connectivity index (χ2v) is 11.6. The molecule has 8 nitrogen and oxygen atoms in total. The summed E-state index contributed by atoms with van der Waals surface area (Å²) in [6, 6.07) is 12.7. The van der Waals surface area contributed by atoms with E-state index in [9.17, 15) is 18.3 Å². The van der Waals surface area contributed by atoms with Crippen molar-refractivity contribution in [2.75, 3.05) is 30.7 Å². The van der Waals surface area contributed by atoms with Gasteiger partial charge in [-0.05, 0) is 42.6 Å². The number of nitrogens with zero attached hydrogens (tertiary/aromatic N) is 2. The maximum absolute atomic E-state index is 13.5. The third-order valence-corrected chi connectivity index (χ3v) is 8.44. The van der Waals surface area contributed by atoms with E-state index < -0.39 is 22.2 Å². The average molecular weight is 499 g/mol. The number of aliphatic hydroxyl groups excluding tert-OH is 1. The zero-order valence-electron chi connectivity index (χ0n) is 20.7. The molecule has 2 atom stereocenters. The molecule has 1 aliphatic rings. The molecule has 2 heterocycles. The van der Waals surface area contributed by atoms with E-state index in [0.29, 0.717) is 30.8 Å². The van der Waals surface area contributed by atoms with Crippen LogP contribution in [0.3, 0.4) is 0 Å². The lowest BCUT2D eigenvalue weighted by Crippen LogP contribution is -2.48. The summed E-state index contributed by atoms with van der Waals surface area (Å²) in [6.45, 7) is 4.86. The lowest BCUT2D eigenvalue weighted by Gasteiger charge is -2.25. The molecule has 9 heteroatoms. The van der Waals surface area contributed by atoms with Crippen LogP contribution in [0.25, 0.3) is 10.9 Å². The fourth-order valence-corrected chi connectivity index (χ4v) is 5.85. The van der Waals surface area contributed by atoms with E-state index in [1.807, 2.05) is 47.2 Å². The first-order valence-electron chi connectivity index (χ1n) is 11.9. The first kappa shape index (κ1) is 25.2. The summed E-state index contributed by atoms with van der Waals surface area (Å²) in [5, 5.41) is 17.6. The summed E-state index contributed by atoms with van der Waals surface area (Å²) < 4.78 is 28.9. The minimum Gasteiger partial charge on any atom is -0.390 e. The second-order valence-electron chi connectivity index (χ2n) is 9.50.